The zero-order chi connectivity index (χ0) is 10.7. The van der Waals surface area contributed by atoms with Crippen LogP contribution in [-0.4, -0.2) is 10.9 Å². The van der Waals surface area contributed by atoms with Gasteiger partial charge in [-0.05, 0) is 40.9 Å². The van der Waals surface area contributed by atoms with Crippen LogP contribution >= 0.6 is 15.9 Å². The molecule has 1 heterocycles. The summed E-state index contributed by atoms with van der Waals surface area (Å²) < 4.78 is 0.742. The molecule has 80 valence electrons. The highest BCUT2D eigenvalue weighted by molar-refractivity contribution is 9.10. The van der Waals surface area contributed by atoms with Crippen LogP contribution < -0.4 is 5.32 Å². The second-order valence-electron chi connectivity index (χ2n) is 3.84. The summed E-state index contributed by atoms with van der Waals surface area (Å²) in [6.45, 7) is 0. The van der Waals surface area contributed by atoms with E-state index in [4.69, 9.17) is 0 Å². The van der Waals surface area contributed by atoms with Gasteiger partial charge in [-0.1, -0.05) is 12.8 Å². The number of nitrogens with one attached hydrogen (secondary N) is 1. The van der Waals surface area contributed by atoms with Crippen LogP contribution in [-0.2, 0) is 4.79 Å². The smallest absolute Gasteiger partial charge is 0.227 e. The third-order valence-electron chi connectivity index (χ3n) is 2.72. The van der Waals surface area contributed by atoms with Crippen molar-refractivity contribution in [2.75, 3.05) is 5.32 Å². The molecule has 1 aliphatic carbocycles. The number of hydrogen-bond acceptors (Lipinski definition) is 2. The van der Waals surface area contributed by atoms with Crippen molar-refractivity contribution in [1.29, 1.82) is 0 Å². The molecule has 15 heavy (non-hydrogen) atoms. The van der Waals surface area contributed by atoms with Crippen LogP contribution in [0.2, 0.25) is 0 Å². The van der Waals surface area contributed by atoms with E-state index in [9.17, 15) is 4.79 Å². The van der Waals surface area contributed by atoms with Crippen molar-refractivity contribution in [3.8, 4) is 0 Å². The van der Waals surface area contributed by atoms with Crippen LogP contribution in [0.15, 0.2) is 22.9 Å². The summed E-state index contributed by atoms with van der Waals surface area (Å²) in [7, 11) is 0. The molecule has 1 saturated carbocycles. The Hall–Kier alpha value is -0.900. The van der Waals surface area contributed by atoms with E-state index in [0.29, 0.717) is 0 Å². The molecule has 0 unspecified atom stereocenters. The molecule has 1 amide bonds. The Balaban J connectivity index is 1.99. The molecular formula is C11H13BrN2O. The first-order valence-electron chi connectivity index (χ1n) is 5.18. The number of pyridine rings is 1. The maximum atomic E-state index is 11.8. The molecule has 0 bridgehead atoms. The lowest BCUT2D eigenvalue weighted by atomic mass is 10.1. The van der Waals surface area contributed by atoms with Gasteiger partial charge in [-0.2, -0.15) is 0 Å². The van der Waals surface area contributed by atoms with Gasteiger partial charge in [0.05, 0.1) is 0 Å². The maximum Gasteiger partial charge on any atom is 0.227 e. The lowest BCUT2D eigenvalue weighted by Crippen LogP contribution is -2.20. The summed E-state index contributed by atoms with van der Waals surface area (Å²) >= 11 is 3.27. The number of amides is 1. The van der Waals surface area contributed by atoms with Gasteiger partial charge in [0, 0.05) is 17.8 Å². The number of anilines is 1. The maximum absolute atomic E-state index is 11.8. The number of hydrogen-bond donors (Lipinski definition) is 1. The van der Waals surface area contributed by atoms with Crippen LogP contribution in [0.1, 0.15) is 25.7 Å². The van der Waals surface area contributed by atoms with Gasteiger partial charge < -0.3 is 5.32 Å². The molecule has 0 saturated heterocycles. The Bertz CT molecular complexity index is 361. The van der Waals surface area contributed by atoms with E-state index in [1.54, 1.807) is 12.3 Å². The molecule has 3 nitrogen and oxygen atoms in total. The van der Waals surface area contributed by atoms with Crippen molar-refractivity contribution in [3.63, 3.8) is 0 Å². The molecule has 0 spiro atoms. The molecule has 2 rings (SSSR count). The van der Waals surface area contributed by atoms with E-state index in [1.807, 2.05) is 6.07 Å². The Kier molecular flexibility index (Phi) is 3.36. The first kappa shape index (κ1) is 10.6. The largest absolute Gasteiger partial charge is 0.326 e. The van der Waals surface area contributed by atoms with E-state index in [0.717, 1.165) is 23.1 Å². The number of aromatic nitrogens is 1. The van der Waals surface area contributed by atoms with Crippen LogP contribution in [0.4, 0.5) is 5.69 Å². The number of carbonyl (C=O) groups excluding carboxylic acids is 1. The van der Waals surface area contributed by atoms with Gasteiger partial charge in [0.2, 0.25) is 5.91 Å². The molecule has 1 aromatic rings. The minimum atomic E-state index is 0.144. The van der Waals surface area contributed by atoms with Crippen molar-refractivity contribution >= 4 is 27.5 Å². The van der Waals surface area contributed by atoms with Crippen molar-refractivity contribution in [2.45, 2.75) is 25.7 Å². The number of halogens is 1. The van der Waals surface area contributed by atoms with Gasteiger partial charge in [0.25, 0.3) is 0 Å². The second-order valence-corrected chi connectivity index (χ2v) is 4.65. The zero-order valence-electron chi connectivity index (χ0n) is 8.37. The minimum Gasteiger partial charge on any atom is -0.326 e. The second kappa shape index (κ2) is 4.75. The van der Waals surface area contributed by atoms with E-state index < -0.39 is 0 Å². The summed E-state index contributed by atoms with van der Waals surface area (Å²) in [6.07, 6.45) is 6.08. The fraction of sp³-hybridized carbons (Fsp3) is 0.455. The Labute approximate surface area is 97.4 Å². The SMILES string of the molecule is O=C(Nc1ccnc(Br)c1)C1CCCC1. The van der Waals surface area contributed by atoms with E-state index >= 15 is 0 Å². The van der Waals surface area contributed by atoms with Crippen LogP contribution in [0, 0.1) is 5.92 Å². The van der Waals surface area contributed by atoms with Crippen LogP contribution in [0.25, 0.3) is 0 Å². The highest BCUT2D eigenvalue weighted by Crippen LogP contribution is 2.26. The molecule has 0 aliphatic heterocycles. The molecule has 1 aromatic heterocycles. The standard InChI is InChI=1S/C11H13BrN2O/c12-10-7-9(5-6-13-10)14-11(15)8-3-1-2-4-8/h5-8H,1-4H2,(H,13,14,15). The lowest BCUT2D eigenvalue weighted by molar-refractivity contribution is -0.119. The molecule has 1 fully saturated rings. The highest BCUT2D eigenvalue weighted by Gasteiger charge is 2.22. The summed E-state index contributed by atoms with van der Waals surface area (Å²) in [5.41, 5.74) is 0.814. The fourth-order valence-electron chi connectivity index (χ4n) is 1.91. The summed E-state index contributed by atoms with van der Waals surface area (Å²) in [6, 6.07) is 3.62. The minimum absolute atomic E-state index is 0.144. The third-order valence-corrected chi connectivity index (χ3v) is 3.15. The molecule has 0 aromatic carbocycles. The van der Waals surface area contributed by atoms with Gasteiger partial charge in [-0.25, -0.2) is 4.98 Å². The van der Waals surface area contributed by atoms with E-state index in [2.05, 4.69) is 26.2 Å². The quantitative estimate of drug-likeness (QED) is 0.838. The van der Waals surface area contributed by atoms with Crippen molar-refractivity contribution < 1.29 is 4.79 Å². The molecule has 1 N–H and O–H groups in total. The van der Waals surface area contributed by atoms with Gasteiger partial charge in [0.1, 0.15) is 4.60 Å². The van der Waals surface area contributed by atoms with E-state index in [-0.39, 0.29) is 11.8 Å². The van der Waals surface area contributed by atoms with Gasteiger partial charge in [0.15, 0.2) is 0 Å². The number of carbonyl (C=O) groups is 1. The highest BCUT2D eigenvalue weighted by atomic mass is 79.9. The average Bonchev–Trinajstić information content (AvgIpc) is 2.70. The number of nitrogens with zero attached hydrogens (tertiary/aromatic N) is 1. The van der Waals surface area contributed by atoms with Crippen LogP contribution in [0.3, 0.4) is 0 Å². The van der Waals surface area contributed by atoms with Gasteiger partial charge in [-0.15, -0.1) is 0 Å². The van der Waals surface area contributed by atoms with E-state index in [1.165, 1.54) is 12.8 Å². The monoisotopic (exact) mass is 268 g/mol. The first-order chi connectivity index (χ1) is 7.25. The first-order valence-corrected chi connectivity index (χ1v) is 5.97. The molecule has 1 aliphatic rings. The van der Waals surface area contributed by atoms with Crippen LogP contribution in [0.5, 0.6) is 0 Å². The lowest BCUT2D eigenvalue weighted by Gasteiger charge is -2.09. The molecule has 4 heteroatoms. The third kappa shape index (κ3) is 2.78. The Morgan fingerprint density at radius 1 is 1.47 bits per heavy atom. The molecular weight excluding hydrogens is 256 g/mol. The normalized spacial score (nSPS) is 16.6. The fourth-order valence-corrected chi connectivity index (χ4v) is 2.28. The summed E-state index contributed by atoms with van der Waals surface area (Å²) in [5, 5.41) is 2.92. The topological polar surface area (TPSA) is 42.0 Å². The summed E-state index contributed by atoms with van der Waals surface area (Å²) in [4.78, 5) is 15.8. The predicted molar refractivity (Wildman–Crippen MR) is 62.5 cm³/mol. The van der Waals surface area contributed by atoms with Crippen molar-refractivity contribution in [1.82, 2.24) is 4.98 Å². The predicted octanol–water partition coefficient (Wildman–Crippen LogP) is 2.97. The average molecular weight is 269 g/mol. The Morgan fingerprint density at radius 3 is 2.87 bits per heavy atom. The van der Waals surface area contributed by atoms with Gasteiger partial charge >= 0.3 is 0 Å². The Morgan fingerprint density at radius 2 is 2.20 bits per heavy atom. The van der Waals surface area contributed by atoms with Crippen molar-refractivity contribution in [2.24, 2.45) is 5.92 Å². The number of rotatable bonds is 2. The molecule has 0 atom stereocenters. The van der Waals surface area contributed by atoms with Gasteiger partial charge in [-0.3, -0.25) is 4.79 Å². The van der Waals surface area contributed by atoms with Crippen molar-refractivity contribution in [3.05, 3.63) is 22.9 Å². The summed E-state index contributed by atoms with van der Waals surface area (Å²) in [5.74, 6) is 0.350. The molecule has 0 radical (unpaired) electrons. The zero-order valence-corrected chi connectivity index (χ0v) is 9.96.